The number of aryl methyl sites for hydroxylation is 2. The summed E-state index contributed by atoms with van der Waals surface area (Å²) < 4.78 is 41.7. The quantitative estimate of drug-likeness (QED) is 0.925. The molecule has 0 bridgehead atoms. The molecule has 0 unspecified atom stereocenters. The summed E-state index contributed by atoms with van der Waals surface area (Å²) in [6.07, 6.45) is -3.96. The largest absolute Gasteiger partial charge is 0.417 e. The van der Waals surface area contributed by atoms with E-state index in [0.717, 1.165) is 4.57 Å². The Kier molecular flexibility index (Phi) is 4.49. The molecule has 0 fully saturated rings. The van der Waals surface area contributed by atoms with Gasteiger partial charge in [0.1, 0.15) is 12.2 Å². The highest BCUT2D eigenvalue weighted by molar-refractivity contribution is 5.85. The van der Waals surface area contributed by atoms with Gasteiger partial charge in [0.05, 0.1) is 16.6 Å². The second kappa shape index (κ2) is 6.05. The molecular formula is C14H17F3N4O2. The van der Waals surface area contributed by atoms with Gasteiger partial charge in [0.25, 0.3) is 5.56 Å². The fourth-order valence-corrected chi connectivity index (χ4v) is 2.49. The Morgan fingerprint density at radius 3 is 2.61 bits per heavy atom. The van der Waals surface area contributed by atoms with Gasteiger partial charge in [0, 0.05) is 19.7 Å². The smallest absolute Gasteiger partial charge is 0.355 e. The topological polar surface area (TPSA) is 68.9 Å². The molecule has 9 heteroatoms. The van der Waals surface area contributed by atoms with Gasteiger partial charge in [-0.2, -0.15) is 18.3 Å². The number of alkyl halides is 3. The lowest BCUT2D eigenvalue weighted by Crippen LogP contribution is -2.33. The first-order valence-corrected chi connectivity index (χ1v) is 7.07. The SMILES string of the molecule is CCCNC(=O)Cn1c(=O)cc(C(F)(F)F)c2c(C)nn(C)c21. The van der Waals surface area contributed by atoms with E-state index < -0.39 is 23.2 Å². The number of carbonyl (C=O) groups is 1. The molecule has 6 nitrogen and oxygen atoms in total. The van der Waals surface area contributed by atoms with E-state index in [9.17, 15) is 22.8 Å². The molecule has 2 rings (SSSR count). The molecule has 0 aliphatic rings. The molecule has 0 aromatic carbocycles. The second-order valence-electron chi connectivity index (χ2n) is 5.24. The van der Waals surface area contributed by atoms with Crippen molar-refractivity contribution in [3.8, 4) is 0 Å². The zero-order valence-corrected chi connectivity index (χ0v) is 13.0. The van der Waals surface area contributed by atoms with Crippen molar-refractivity contribution in [2.75, 3.05) is 6.54 Å². The van der Waals surface area contributed by atoms with Crippen LogP contribution >= 0.6 is 0 Å². The first-order chi connectivity index (χ1) is 10.7. The molecule has 126 valence electrons. The average Bonchev–Trinajstić information content (AvgIpc) is 2.73. The summed E-state index contributed by atoms with van der Waals surface area (Å²) >= 11 is 0. The summed E-state index contributed by atoms with van der Waals surface area (Å²) in [7, 11) is 1.44. The Morgan fingerprint density at radius 2 is 2.04 bits per heavy atom. The van der Waals surface area contributed by atoms with Gasteiger partial charge in [-0.05, 0) is 13.3 Å². The minimum absolute atomic E-state index is 0.0195. The minimum atomic E-state index is -4.67. The molecule has 2 aromatic heterocycles. The molecule has 1 N–H and O–H groups in total. The monoisotopic (exact) mass is 330 g/mol. The molecule has 2 aromatic rings. The normalized spacial score (nSPS) is 11.9. The Morgan fingerprint density at radius 1 is 1.39 bits per heavy atom. The van der Waals surface area contributed by atoms with Crippen molar-refractivity contribution in [2.24, 2.45) is 7.05 Å². The van der Waals surface area contributed by atoms with Crippen molar-refractivity contribution in [3.63, 3.8) is 0 Å². The van der Waals surface area contributed by atoms with Crippen molar-refractivity contribution < 1.29 is 18.0 Å². The number of hydrogen-bond acceptors (Lipinski definition) is 3. The number of pyridine rings is 1. The Labute approximate surface area is 129 Å². The van der Waals surface area contributed by atoms with E-state index in [1.54, 1.807) is 0 Å². The molecule has 0 spiro atoms. The van der Waals surface area contributed by atoms with Crippen LogP contribution in [0.15, 0.2) is 10.9 Å². The van der Waals surface area contributed by atoms with Gasteiger partial charge in [0.2, 0.25) is 5.91 Å². The van der Waals surface area contributed by atoms with Gasteiger partial charge in [-0.3, -0.25) is 18.8 Å². The van der Waals surface area contributed by atoms with Crippen LogP contribution in [-0.4, -0.2) is 26.8 Å². The van der Waals surface area contributed by atoms with E-state index in [1.807, 2.05) is 6.92 Å². The van der Waals surface area contributed by atoms with E-state index in [0.29, 0.717) is 19.0 Å². The molecule has 0 radical (unpaired) electrons. The van der Waals surface area contributed by atoms with E-state index in [1.165, 1.54) is 18.7 Å². The summed E-state index contributed by atoms with van der Waals surface area (Å²) in [5, 5.41) is 6.39. The lowest BCUT2D eigenvalue weighted by Gasteiger charge is -2.13. The molecule has 0 saturated carbocycles. The highest BCUT2D eigenvalue weighted by Gasteiger charge is 2.36. The number of aromatic nitrogens is 3. The molecule has 0 atom stereocenters. The van der Waals surface area contributed by atoms with Gasteiger partial charge in [-0.25, -0.2) is 0 Å². The Bertz CT molecular complexity index is 805. The number of carbonyl (C=O) groups excluding carboxylic acids is 1. The highest BCUT2D eigenvalue weighted by atomic mass is 19.4. The number of nitrogens with one attached hydrogen (secondary N) is 1. The first-order valence-electron chi connectivity index (χ1n) is 7.07. The summed E-state index contributed by atoms with van der Waals surface area (Å²) in [4.78, 5) is 24.0. The number of hydrogen-bond donors (Lipinski definition) is 1. The standard InChI is InChI=1S/C14H17F3N4O2/c1-4-5-18-10(22)7-21-11(23)6-9(14(15,16)17)12-8(2)19-20(3)13(12)21/h6H,4-5,7H2,1-3H3,(H,18,22). The molecule has 1 amide bonds. The van der Waals surface area contributed by atoms with Crippen LogP contribution in [0.5, 0.6) is 0 Å². The third-order valence-electron chi connectivity index (χ3n) is 3.43. The molecule has 0 aliphatic carbocycles. The van der Waals surface area contributed by atoms with E-state index >= 15 is 0 Å². The van der Waals surface area contributed by atoms with Crippen LogP contribution in [0.1, 0.15) is 24.6 Å². The van der Waals surface area contributed by atoms with Gasteiger partial charge in [-0.15, -0.1) is 0 Å². The minimum Gasteiger partial charge on any atom is -0.355 e. The third kappa shape index (κ3) is 3.22. The van der Waals surface area contributed by atoms with Crippen LogP contribution in [0.2, 0.25) is 0 Å². The van der Waals surface area contributed by atoms with Crippen molar-refractivity contribution in [1.82, 2.24) is 19.7 Å². The molecule has 0 saturated heterocycles. The fraction of sp³-hybridized carbons (Fsp3) is 0.500. The third-order valence-corrected chi connectivity index (χ3v) is 3.43. The van der Waals surface area contributed by atoms with Crippen molar-refractivity contribution in [3.05, 3.63) is 27.7 Å². The average molecular weight is 330 g/mol. The maximum atomic E-state index is 13.2. The van der Waals surface area contributed by atoms with E-state index in [2.05, 4.69) is 10.4 Å². The second-order valence-corrected chi connectivity index (χ2v) is 5.24. The van der Waals surface area contributed by atoms with Gasteiger partial charge < -0.3 is 5.32 Å². The van der Waals surface area contributed by atoms with Crippen LogP contribution in [0, 0.1) is 6.92 Å². The van der Waals surface area contributed by atoms with Crippen LogP contribution in [0.25, 0.3) is 11.0 Å². The van der Waals surface area contributed by atoms with Crippen LogP contribution in [0.3, 0.4) is 0 Å². The van der Waals surface area contributed by atoms with Crippen LogP contribution < -0.4 is 10.9 Å². The van der Waals surface area contributed by atoms with Crippen LogP contribution in [-0.2, 0) is 24.6 Å². The number of halogens is 3. The van der Waals surface area contributed by atoms with E-state index in [4.69, 9.17) is 0 Å². The molecule has 2 heterocycles. The Balaban J connectivity index is 2.66. The zero-order valence-electron chi connectivity index (χ0n) is 13.0. The number of nitrogens with zero attached hydrogens (tertiary/aromatic N) is 3. The van der Waals surface area contributed by atoms with Crippen molar-refractivity contribution in [2.45, 2.75) is 33.0 Å². The zero-order chi connectivity index (χ0) is 17.4. The van der Waals surface area contributed by atoms with Crippen molar-refractivity contribution >= 4 is 16.9 Å². The van der Waals surface area contributed by atoms with Gasteiger partial charge >= 0.3 is 6.18 Å². The summed E-state index contributed by atoms with van der Waals surface area (Å²) in [6, 6.07) is 0.518. The first kappa shape index (κ1) is 17.0. The summed E-state index contributed by atoms with van der Waals surface area (Å²) in [6.45, 7) is 3.38. The van der Waals surface area contributed by atoms with Crippen LogP contribution in [0.4, 0.5) is 13.2 Å². The highest BCUT2D eigenvalue weighted by Crippen LogP contribution is 2.34. The summed E-state index contributed by atoms with van der Waals surface area (Å²) in [5.74, 6) is -0.436. The molecular weight excluding hydrogens is 313 g/mol. The van der Waals surface area contributed by atoms with Gasteiger partial charge in [-0.1, -0.05) is 6.92 Å². The fourth-order valence-electron chi connectivity index (χ4n) is 2.49. The predicted molar refractivity (Wildman–Crippen MR) is 78.0 cm³/mol. The van der Waals surface area contributed by atoms with Crippen molar-refractivity contribution in [1.29, 1.82) is 0 Å². The maximum absolute atomic E-state index is 13.2. The molecule has 0 aliphatic heterocycles. The predicted octanol–water partition coefficient (Wildman–Crippen LogP) is 1.59. The number of fused-ring (bicyclic) bond motifs is 1. The lowest BCUT2D eigenvalue weighted by atomic mass is 10.1. The van der Waals surface area contributed by atoms with E-state index in [-0.39, 0.29) is 23.3 Å². The lowest BCUT2D eigenvalue weighted by molar-refractivity contribution is -0.136. The van der Waals surface area contributed by atoms with Gasteiger partial charge in [0.15, 0.2) is 0 Å². The summed E-state index contributed by atoms with van der Waals surface area (Å²) in [5.41, 5.74) is -1.79. The number of rotatable bonds is 4. The molecule has 23 heavy (non-hydrogen) atoms. The number of amides is 1. The Hall–Kier alpha value is -2.32. The maximum Gasteiger partial charge on any atom is 0.417 e.